The lowest BCUT2D eigenvalue weighted by molar-refractivity contribution is -0.136. The maximum atomic E-state index is 14.6. The first-order valence-electron chi connectivity index (χ1n) is 26.5. The molecule has 2 aromatic carbocycles. The summed E-state index contributed by atoms with van der Waals surface area (Å²) in [5, 5.41) is 5.45. The summed E-state index contributed by atoms with van der Waals surface area (Å²) in [5.41, 5.74) is 4.90. The van der Waals surface area contributed by atoms with Gasteiger partial charge in [0.1, 0.15) is 23.7 Å². The monoisotopic (exact) mass is 987 g/mol. The predicted molar refractivity (Wildman–Crippen MR) is 274 cm³/mol. The van der Waals surface area contributed by atoms with Crippen molar-refractivity contribution in [1.82, 2.24) is 39.5 Å². The Morgan fingerprint density at radius 3 is 1.19 bits per heavy atom. The highest BCUT2D eigenvalue weighted by atomic mass is 16.5. The van der Waals surface area contributed by atoms with Gasteiger partial charge < -0.3 is 29.9 Å². The van der Waals surface area contributed by atoms with E-state index in [1.807, 2.05) is 76.2 Å². The van der Waals surface area contributed by atoms with Gasteiger partial charge in [-0.05, 0) is 86.2 Å². The maximum Gasteiger partial charge on any atom is 0.407 e. The van der Waals surface area contributed by atoms with Crippen molar-refractivity contribution in [2.24, 2.45) is 23.7 Å². The van der Waals surface area contributed by atoms with Gasteiger partial charge in [-0.25, -0.2) is 19.6 Å². The van der Waals surface area contributed by atoms with E-state index in [2.05, 4.69) is 10.6 Å². The third-order valence-electron chi connectivity index (χ3n) is 15.6. The second-order valence-corrected chi connectivity index (χ2v) is 21.1. The summed E-state index contributed by atoms with van der Waals surface area (Å²) < 4.78 is 13.2. The fraction of sp³-hybridized carbons (Fsp3) is 0.571. The molecule has 0 bridgehead atoms. The van der Waals surface area contributed by atoms with Crippen molar-refractivity contribution < 1.29 is 38.2 Å². The molecule has 2 N–H and O–H groups in total. The molecule has 4 amide bonds. The van der Waals surface area contributed by atoms with Crippen molar-refractivity contribution in [3.8, 4) is 33.6 Å². The minimum atomic E-state index is -0.796. The number of rotatable bonds is 15. The third-order valence-corrected chi connectivity index (χ3v) is 15.6. The van der Waals surface area contributed by atoms with E-state index in [-0.39, 0.29) is 47.3 Å². The number of nitrogens with one attached hydrogen (secondary N) is 2. The third kappa shape index (κ3) is 11.5. The molecule has 2 aromatic heterocycles. The molecule has 0 radical (unpaired) electrons. The van der Waals surface area contributed by atoms with Crippen molar-refractivity contribution >= 4 is 35.8 Å². The largest absolute Gasteiger partial charge is 0.453 e. The highest BCUT2D eigenvalue weighted by Crippen LogP contribution is 2.39. The second-order valence-electron chi connectivity index (χ2n) is 21.1. The van der Waals surface area contributed by atoms with E-state index < -0.39 is 36.4 Å². The van der Waals surface area contributed by atoms with Gasteiger partial charge in [0.15, 0.2) is 0 Å². The number of likely N-dealkylation sites (tertiary alicyclic amines) is 2. The number of hydrogen-bond acceptors (Lipinski definition) is 10. The van der Waals surface area contributed by atoms with Crippen LogP contribution in [-0.2, 0) is 19.1 Å². The van der Waals surface area contributed by atoms with Crippen molar-refractivity contribution in [2.45, 2.75) is 155 Å². The van der Waals surface area contributed by atoms with Crippen molar-refractivity contribution in [1.29, 1.82) is 0 Å². The number of alkyl carbamates (subject to hydrolysis) is 2. The van der Waals surface area contributed by atoms with Crippen LogP contribution in [0.2, 0.25) is 0 Å². The predicted octanol–water partition coefficient (Wildman–Crippen LogP) is 10.4. The molecular weight excluding hydrogens is 913 g/mol. The van der Waals surface area contributed by atoms with Crippen LogP contribution >= 0.6 is 0 Å². The highest BCUT2D eigenvalue weighted by Gasteiger charge is 2.41. The van der Waals surface area contributed by atoms with Gasteiger partial charge >= 0.3 is 12.2 Å². The molecule has 4 fully saturated rings. The van der Waals surface area contributed by atoms with Gasteiger partial charge in [0.2, 0.25) is 23.6 Å². The van der Waals surface area contributed by atoms with E-state index >= 15 is 0 Å². The SMILES string of the molecule is COC(=O)N[C@H](C(=O)N1CCC[C@H]1c1ncc(-c2ccc(-c3ccc(-c4cnc([C@@H]5CCCN5C(=O)[C@@H](NC(=O)OC)C(C)C)n4C(=O)CC4CCCCC4)cc3)cc2)n1C(=O)CC1CCCCC1)C(C)C. The fourth-order valence-electron chi connectivity index (χ4n) is 11.6. The zero-order chi connectivity index (χ0) is 51.1. The van der Waals surface area contributed by atoms with Crippen LogP contribution in [-0.4, -0.2) is 104 Å². The van der Waals surface area contributed by atoms with Crippen LogP contribution in [0.25, 0.3) is 33.6 Å². The Morgan fingerprint density at radius 1 is 0.514 bits per heavy atom. The number of ether oxygens (including phenoxy) is 2. The minimum Gasteiger partial charge on any atom is -0.453 e. The first kappa shape index (κ1) is 52.0. The molecule has 8 rings (SSSR count). The first-order valence-corrected chi connectivity index (χ1v) is 26.5. The molecule has 16 nitrogen and oxygen atoms in total. The summed E-state index contributed by atoms with van der Waals surface area (Å²) in [4.78, 5) is 95.3. The zero-order valence-corrected chi connectivity index (χ0v) is 43.1. The van der Waals surface area contributed by atoms with Gasteiger partial charge in [-0.2, -0.15) is 0 Å². The Hall–Kier alpha value is -6.32. The van der Waals surface area contributed by atoms with E-state index in [0.717, 1.165) is 86.5 Å². The Labute approximate surface area is 424 Å². The van der Waals surface area contributed by atoms with Gasteiger partial charge in [-0.3, -0.25) is 28.3 Å². The molecule has 0 spiro atoms. The average molecular weight is 987 g/mol. The molecule has 2 saturated heterocycles. The molecule has 4 atom stereocenters. The molecular formula is C56H74N8O8. The Balaban J connectivity index is 1.07. The molecule has 72 heavy (non-hydrogen) atoms. The molecule has 16 heteroatoms. The number of nitrogens with zero attached hydrogens (tertiary/aromatic N) is 6. The topological polar surface area (TPSA) is 187 Å². The summed E-state index contributed by atoms with van der Waals surface area (Å²) >= 11 is 0. The Bertz CT molecular complexity index is 2380. The smallest absolute Gasteiger partial charge is 0.407 e. The maximum absolute atomic E-state index is 14.6. The first-order chi connectivity index (χ1) is 34.8. The van der Waals surface area contributed by atoms with Crippen LogP contribution in [0.1, 0.15) is 164 Å². The summed E-state index contributed by atoms with van der Waals surface area (Å²) in [6.07, 6.45) is 16.6. The van der Waals surface area contributed by atoms with Gasteiger partial charge in [0.05, 0.1) is 50.1 Å². The number of carbonyl (C=O) groups excluding carboxylic acids is 6. The summed E-state index contributed by atoms with van der Waals surface area (Å²) in [6, 6.07) is 13.7. The molecule has 0 unspecified atom stereocenters. The van der Waals surface area contributed by atoms with Gasteiger partial charge in [-0.15, -0.1) is 0 Å². The van der Waals surface area contributed by atoms with Crippen LogP contribution < -0.4 is 10.6 Å². The Morgan fingerprint density at radius 2 is 0.861 bits per heavy atom. The van der Waals surface area contributed by atoms with Crippen molar-refractivity contribution in [3.63, 3.8) is 0 Å². The fourth-order valence-corrected chi connectivity index (χ4v) is 11.6. The van der Waals surface area contributed by atoms with E-state index in [9.17, 15) is 28.8 Å². The molecule has 2 aliphatic heterocycles. The average Bonchev–Trinajstić information content (AvgIpc) is 4.24. The number of hydrogen-bond donors (Lipinski definition) is 2. The normalized spacial score (nSPS) is 19.6. The number of benzene rings is 2. The van der Waals surface area contributed by atoms with Crippen LogP contribution in [0.15, 0.2) is 60.9 Å². The van der Waals surface area contributed by atoms with E-state index in [0.29, 0.717) is 61.8 Å². The number of imidazole rings is 2. The number of amides is 4. The lowest BCUT2D eigenvalue weighted by Gasteiger charge is -2.31. The van der Waals surface area contributed by atoms with Crippen LogP contribution in [0.4, 0.5) is 9.59 Å². The number of methoxy groups -OCH3 is 2. The van der Waals surface area contributed by atoms with Gasteiger partial charge in [-0.1, -0.05) is 115 Å². The quantitative estimate of drug-likeness (QED) is 0.116. The van der Waals surface area contributed by atoms with Crippen LogP contribution in [0, 0.1) is 23.7 Å². The molecule has 4 heterocycles. The van der Waals surface area contributed by atoms with Crippen LogP contribution in [0.3, 0.4) is 0 Å². The molecule has 4 aliphatic rings. The van der Waals surface area contributed by atoms with Gasteiger partial charge in [0, 0.05) is 37.1 Å². The highest BCUT2D eigenvalue weighted by molar-refractivity contribution is 5.89. The van der Waals surface area contributed by atoms with Crippen molar-refractivity contribution in [2.75, 3.05) is 27.3 Å². The standard InChI is InChI=1S/C56H74N8O8/c1-35(2)49(59-55(69)71-5)53(67)61-29-13-19-43(61)51-57-33-45(63(51)47(65)31-37-15-9-7-10-16-37)41-25-21-39(22-26-41)40-23-27-42(28-24-40)46-34-58-52(64(46)48(66)32-38-17-11-8-12-18-38)44-20-14-30-62(44)54(68)50(36(3)4)60-56(70)72-6/h21-28,33-38,43-44,49-50H,7-20,29-32H2,1-6H3,(H,59,69)(H,60,70)/t43-,44-,49-,50-/m0/s1. The Kier molecular flexibility index (Phi) is 17.0. The summed E-state index contributed by atoms with van der Waals surface area (Å²) in [6.45, 7) is 8.51. The zero-order valence-electron chi connectivity index (χ0n) is 43.1. The molecule has 4 aromatic rings. The van der Waals surface area contributed by atoms with E-state index in [1.165, 1.54) is 27.1 Å². The lowest BCUT2D eigenvalue weighted by atomic mass is 9.86. The number of aromatic nitrogens is 4. The second kappa shape index (κ2) is 23.5. The van der Waals surface area contributed by atoms with E-state index in [1.54, 1.807) is 31.3 Å². The minimum absolute atomic E-state index is 0.0290. The van der Waals surface area contributed by atoms with E-state index in [4.69, 9.17) is 19.4 Å². The lowest BCUT2D eigenvalue weighted by Crippen LogP contribution is -2.51. The van der Waals surface area contributed by atoms with Gasteiger partial charge in [0.25, 0.3) is 0 Å². The number of carbonyl (C=O) groups is 6. The van der Waals surface area contributed by atoms with Crippen LogP contribution in [0.5, 0.6) is 0 Å². The molecule has 386 valence electrons. The summed E-state index contributed by atoms with van der Waals surface area (Å²) in [7, 11) is 2.56. The van der Waals surface area contributed by atoms with Crippen molar-refractivity contribution in [3.05, 3.63) is 72.6 Å². The summed E-state index contributed by atoms with van der Waals surface area (Å²) in [5.74, 6) is 0.768. The molecule has 2 saturated carbocycles. The molecule has 2 aliphatic carbocycles.